The second-order valence-corrected chi connectivity index (χ2v) is 10.8. The number of aliphatic hydroxyl groups excluding tert-OH is 1. The first-order chi connectivity index (χ1) is 15.6. The molecular formula is C24H29N3O5S. The quantitative estimate of drug-likeness (QED) is 0.543. The van der Waals surface area contributed by atoms with Gasteiger partial charge >= 0.3 is 0 Å². The molecule has 0 radical (unpaired) electrons. The molecule has 1 aliphatic carbocycles. The van der Waals surface area contributed by atoms with E-state index in [2.05, 4.69) is 14.9 Å². The van der Waals surface area contributed by atoms with Gasteiger partial charge in [0, 0.05) is 11.1 Å². The molecule has 1 aliphatic rings. The van der Waals surface area contributed by atoms with Crippen molar-refractivity contribution in [3.05, 3.63) is 53.1 Å². The molecule has 0 saturated carbocycles. The second kappa shape index (κ2) is 8.89. The highest BCUT2D eigenvalue weighted by molar-refractivity contribution is 7.88. The van der Waals surface area contributed by atoms with Crippen molar-refractivity contribution in [1.29, 1.82) is 0 Å². The molecule has 0 spiro atoms. The molecule has 4 rings (SSSR count). The monoisotopic (exact) mass is 471 g/mol. The van der Waals surface area contributed by atoms with Crippen LogP contribution in [0.1, 0.15) is 37.0 Å². The predicted octanol–water partition coefficient (Wildman–Crippen LogP) is 3.27. The summed E-state index contributed by atoms with van der Waals surface area (Å²) >= 11 is 0. The van der Waals surface area contributed by atoms with Gasteiger partial charge in [0.2, 0.25) is 21.8 Å². The molecule has 0 aliphatic heterocycles. The average Bonchev–Trinajstić information content (AvgIpc) is 3.23. The maximum absolute atomic E-state index is 11.8. The zero-order chi connectivity index (χ0) is 23.8. The highest BCUT2D eigenvalue weighted by atomic mass is 32.2. The van der Waals surface area contributed by atoms with Gasteiger partial charge in [-0.2, -0.15) is 0 Å². The van der Waals surface area contributed by atoms with Crippen LogP contribution in [0.25, 0.3) is 22.9 Å². The molecule has 0 amide bonds. The number of aryl methyl sites for hydroxylation is 2. The first-order valence-corrected chi connectivity index (χ1v) is 12.8. The fourth-order valence-electron chi connectivity index (χ4n) is 4.27. The van der Waals surface area contributed by atoms with E-state index in [0.29, 0.717) is 31.0 Å². The SMILES string of the molecule is Cc1cc(-c2nnc(-c3ccc4c(c3)CC(CO)(NS(C)(=O)=O)CC4)o2)ccc1OC(C)C. The first kappa shape index (κ1) is 23.4. The zero-order valence-electron chi connectivity index (χ0n) is 19.3. The van der Waals surface area contributed by atoms with Crippen molar-refractivity contribution < 1.29 is 22.7 Å². The van der Waals surface area contributed by atoms with Crippen LogP contribution in [-0.4, -0.2) is 48.2 Å². The molecule has 1 aromatic heterocycles. The van der Waals surface area contributed by atoms with E-state index >= 15 is 0 Å². The first-order valence-electron chi connectivity index (χ1n) is 10.9. The summed E-state index contributed by atoms with van der Waals surface area (Å²) in [6, 6.07) is 11.6. The number of hydrogen-bond acceptors (Lipinski definition) is 7. The lowest BCUT2D eigenvalue weighted by Gasteiger charge is -2.36. The normalized spacial score (nSPS) is 18.4. The Kier molecular flexibility index (Phi) is 6.30. The van der Waals surface area contributed by atoms with E-state index in [1.165, 1.54) is 0 Å². The Balaban J connectivity index is 1.60. The largest absolute Gasteiger partial charge is 0.491 e. The topological polar surface area (TPSA) is 115 Å². The molecule has 0 saturated heterocycles. The Labute approximate surface area is 194 Å². The summed E-state index contributed by atoms with van der Waals surface area (Å²) in [6.07, 6.45) is 2.78. The van der Waals surface area contributed by atoms with Gasteiger partial charge in [0.1, 0.15) is 5.75 Å². The van der Waals surface area contributed by atoms with Gasteiger partial charge in [0.25, 0.3) is 0 Å². The molecule has 8 nitrogen and oxygen atoms in total. The van der Waals surface area contributed by atoms with Crippen LogP contribution in [0.15, 0.2) is 40.8 Å². The summed E-state index contributed by atoms with van der Waals surface area (Å²) in [5, 5.41) is 18.4. The van der Waals surface area contributed by atoms with Crippen molar-refractivity contribution in [2.75, 3.05) is 12.9 Å². The number of nitrogens with zero attached hydrogens (tertiary/aromatic N) is 2. The summed E-state index contributed by atoms with van der Waals surface area (Å²) in [6.45, 7) is 5.67. The molecule has 1 heterocycles. The molecule has 176 valence electrons. The van der Waals surface area contributed by atoms with E-state index in [4.69, 9.17) is 9.15 Å². The Hall–Kier alpha value is -2.75. The van der Waals surface area contributed by atoms with Crippen molar-refractivity contribution >= 4 is 10.0 Å². The number of hydrogen-bond donors (Lipinski definition) is 2. The van der Waals surface area contributed by atoms with Crippen molar-refractivity contribution in [1.82, 2.24) is 14.9 Å². The number of aromatic nitrogens is 2. The van der Waals surface area contributed by atoms with Crippen LogP contribution < -0.4 is 9.46 Å². The van der Waals surface area contributed by atoms with E-state index in [-0.39, 0.29) is 12.7 Å². The van der Waals surface area contributed by atoms with E-state index in [1.54, 1.807) is 0 Å². The third kappa shape index (κ3) is 5.26. The highest BCUT2D eigenvalue weighted by Gasteiger charge is 2.36. The van der Waals surface area contributed by atoms with E-state index in [1.807, 2.05) is 57.2 Å². The van der Waals surface area contributed by atoms with Crippen LogP contribution in [0, 0.1) is 6.92 Å². The summed E-state index contributed by atoms with van der Waals surface area (Å²) in [5.41, 5.74) is 3.70. The Morgan fingerprint density at radius 1 is 1.12 bits per heavy atom. The standard InChI is InChI=1S/C24H29N3O5S/c1-15(2)31-21-8-7-18(11-16(21)3)22-25-26-23(32-22)19-6-5-17-9-10-24(14-28,13-20(17)12-19)27-33(4,29)30/h5-8,11-12,15,27-28H,9-10,13-14H2,1-4H3. The highest BCUT2D eigenvalue weighted by Crippen LogP contribution is 2.33. The Morgan fingerprint density at radius 3 is 2.39 bits per heavy atom. The number of benzene rings is 2. The predicted molar refractivity (Wildman–Crippen MR) is 125 cm³/mol. The zero-order valence-corrected chi connectivity index (χ0v) is 20.1. The molecule has 0 bridgehead atoms. The molecule has 1 atom stereocenters. The van der Waals surface area contributed by atoms with Crippen LogP contribution in [0.4, 0.5) is 0 Å². The number of rotatable bonds is 7. The lowest BCUT2D eigenvalue weighted by molar-refractivity contribution is 0.166. The molecule has 3 aromatic rings. The minimum atomic E-state index is -3.46. The van der Waals surface area contributed by atoms with Gasteiger partial charge in [-0.25, -0.2) is 13.1 Å². The minimum Gasteiger partial charge on any atom is -0.491 e. The molecule has 2 N–H and O–H groups in total. The maximum Gasteiger partial charge on any atom is 0.248 e. The van der Waals surface area contributed by atoms with Crippen LogP contribution >= 0.6 is 0 Å². The molecule has 9 heteroatoms. The van der Waals surface area contributed by atoms with Gasteiger partial charge in [-0.15, -0.1) is 10.2 Å². The fourth-order valence-corrected chi connectivity index (χ4v) is 5.29. The lowest BCUT2D eigenvalue weighted by atomic mass is 9.78. The van der Waals surface area contributed by atoms with Crippen molar-refractivity contribution in [2.45, 2.75) is 51.7 Å². The summed E-state index contributed by atoms with van der Waals surface area (Å²) in [7, 11) is -3.46. The number of aliphatic hydroxyl groups is 1. The number of sulfonamides is 1. The maximum atomic E-state index is 11.8. The van der Waals surface area contributed by atoms with Crippen LogP contribution in [0.2, 0.25) is 0 Å². The van der Waals surface area contributed by atoms with E-state index < -0.39 is 15.6 Å². The summed E-state index contributed by atoms with van der Waals surface area (Å²) in [4.78, 5) is 0. The van der Waals surface area contributed by atoms with Gasteiger partial charge in [-0.05, 0) is 87.1 Å². The Bertz CT molecular complexity index is 1270. The smallest absolute Gasteiger partial charge is 0.248 e. The van der Waals surface area contributed by atoms with Gasteiger partial charge in [0.05, 0.1) is 24.5 Å². The fraction of sp³-hybridized carbons (Fsp3) is 0.417. The number of fused-ring (bicyclic) bond motifs is 1. The van der Waals surface area contributed by atoms with Gasteiger partial charge in [-0.1, -0.05) is 6.07 Å². The summed E-state index contributed by atoms with van der Waals surface area (Å²) < 4.78 is 38.1. The lowest BCUT2D eigenvalue weighted by Crippen LogP contribution is -2.54. The summed E-state index contributed by atoms with van der Waals surface area (Å²) in [5.74, 6) is 1.60. The average molecular weight is 472 g/mol. The molecule has 2 aromatic carbocycles. The van der Waals surface area contributed by atoms with Crippen LogP contribution in [-0.2, 0) is 22.9 Å². The van der Waals surface area contributed by atoms with Crippen LogP contribution in [0.3, 0.4) is 0 Å². The minimum absolute atomic E-state index is 0.0887. The van der Waals surface area contributed by atoms with Crippen molar-refractivity contribution in [3.8, 4) is 28.7 Å². The molecule has 0 fully saturated rings. The van der Waals surface area contributed by atoms with E-state index in [9.17, 15) is 13.5 Å². The number of ether oxygens (including phenoxy) is 1. The second-order valence-electron chi connectivity index (χ2n) is 9.03. The third-order valence-corrected chi connectivity index (χ3v) is 6.57. The van der Waals surface area contributed by atoms with Crippen molar-refractivity contribution in [2.24, 2.45) is 0 Å². The molecular weight excluding hydrogens is 442 g/mol. The van der Waals surface area contributed by atoms with Crippen molar-refractivity contribution in [3.63, 3.8) is 0 Å². The van der Waals surface area contributed by atoms with E-state index in [0.717, 1.165) is 39.8 Å². The molecule has 33 heavy (non-hydrogen) atoms. The van der Waals surface area contributed by atoms with Gasteiger partial charge < -0.3 is 14.3 Å². The molecule has 1 unspecified atom stereocenters. The van der Waals surface area contributed by atoms with Gasteiger partial charge in [-0.3, -0.25) is 0 Å². The third-order valence-electron chi connectivity index (χ3n) is 5.77. The Morgan fingerprint density at radius 2 is 1.79 bits per heavy atom. The number of nitrogens with one attached hydrogen (secondary N) is 1. The van der Waals surface area contributed by atoms with Crippen LogP contribution in [0.5, 0.6) is 5.75 Å². The van der Waals surface area contributed by atoms with Gasteiger partial charge in [0.15, 0.2) is 0 Å².